The Balaban J connectivity index is 1.85. The Morgan fingerprint density at radius 1 is 1.20 bits per heavy atom. The molecule has 0 aliphatic carbocycles. The second kappa shape index (κ2) is 5.32. The zero-order chi connectivity index (χ0) is 13.9. The van der Waals surface area contributed by atoms with Crippen molar-refractivity contribution in [1.29, 1.82) is 0 Å². The minimum Gasteiger partial charge on any atom is -0.329 e. The second-order valence-electron chi connectivity index (χ2n) is 4.56. The van der Waals surface area contributed by atoms with Crippen LogP contribution < -0.4 is 5.59 Å². The van der Waals surface area contributed by atoms with E-state index >= 15 is 0 Å². The highest BCUT2D eigenvalue weighted by molar-refractivity contribution is 5.80. The summed E-state index contributed by atoms with van der Waals surface area (Å²) in [5, 5.41) is 12.2. The third-order valence-corrected chi connectivity index (χ3v) is 3.33. The summed E-state index contributed by atoms with van der Waals surface area (Å²) in [4.78, 5) is 4.26. The van der Waals surface area contributed by atoms with E-state index in [4.69, 9.17) is 5.21 Å². The number of rotatable bonds is 3. The van der Waals surface area contributed by atoms with E-state index in [1.165, 1.54) is 0 Å². The van der Waals surface area contributed by atoms with Crippen molar-refractivity contribution in [3.63, 3.8) is 0 Å². The van der Waals surface area contributed by atoms with Crippen LogP contribution in [0, 0.1) is 6.54 Å². The standard InChI is InChI=1S/C15H15N4O/c1-18-14(11-19-9-3-2-4-15(18)19)13-7-5-12(6-8-13)10-16-17-20/h2-11,17,20H,1H3/p+1/b16-10-. The van der Waals surface area contributed by atoms with Gasteiger partial charge >= 0.3 is 0 Å². The molecule has 20 heavy (non-hydrogen) atoms. The van der Waals surface area contributed by atoms with Gasteiger partial charge in [-0.15, -0.1) is 0 Å². The van der Waals surface area contributed by atoms with E-state index in [-0.39, 0.29) is 0 Å². The quantitative estimate of drug-likeness (QED) is 0.490. The number of allylic oxidation sites excluding steroid dienone is 2. The first-order valence-corrected chi connectivity index (χ1v) is 6.35. The average molecular weight is 268 g/mol. The molecule has 3 N–H and O–H groups in total. The van der Waals surface area contributed by atoms with Gasteiger partial charge in [-0.1, -0.05) is 47.1 Å². The van der Waals surface area contributed by atoms with Crippen molar-refractivity contribution in [3.8, 4) is 0 Å². The maximum Gasteiger partial charge on any atom is 0.113 e. The fourth-order valence-electron chi connectivity index (χ4n) is 2.31. The molecule has 0 spiro atoms. The topological polar surface area (TPSA) is 55.7 Å². The van der Waals surface area contributed by atoms with Gasteiger partial charge < -0.3 is 9.80 Å². The molecule has 0 bridgehead atoms. The Morgan fingerprint density at radius 3 is 2.70 bits per heavy atom. The van der Waals surface area contributed by atoms with E-state index in [2.05, 4.69) is 34.2 Å². The summed E-state index contributed by atoms with van der Waals surface area (Å²) in [6.07, 6.45) is 9.85. The highest BCUT2D eigenvalue weighted by atomic mass is 16.5. The highest BCUT2D eigenvalue weighted by Gasteiger charge is 2.24. The van der Waals surface area contributed by atoms with Crippen molar-refractivity contribution < 1.29 is 10.8 Å². The fraction of sp³-hybridized carbons (Fsp3) is 0.0667. The lowest BCUT2D eigenvalue weighted by Gasteiger charge is -2.23. The number of hydrogen-bond acceptors (Lipinski definition) is 4. The van der Waals surface area contributed by atoms with E-state index in [0.29, 0.717) is 0 Å². The van der Waals surface area contributed by atoms with Crippen molar-refractivity contribution in [2.75, 3.05) is 7.05 Å². The summed E-state index contributed by atoms with van der Waals surface area (Å²) in [5.41, 5.74) is 4.02. The molecule has 2 aliphatic rings. The number of nitrogens with zero attached hydrogens (tertiary/aromatic N) is 3. The average Bonchev–Trinajstić information content (AvgIpc) is 2.83. The lowest BCUT2D eigenvalue weighted by atomic mass is 10.1. The largest absolute Gasteiger partial charge is 0.329 e. The summed E-state index contributed by atoms with van der Waals surface area (Å²) in [7, 11) is 2.06. The third kappa shape index (κ3) is 2.24. The SMILES string of the molecule is CN1C(c2ccc(/C=N\[NH2+]O)cc2)=CN2[CH]C=CC=C21. The molecule has 0 saturated carbocycles. The molecule has 0 aromatic heterocycles. The van der Waals surface area contributed by atoms with Crippen LogP contribution in [0.4, 0.5) is 0 Å². The first-order chi connectivity index (χ1) is 9.79. The number of nitrogens with two attached hydrogens (primary N) is 1. The number of benzene rings is 1. The van der Waals surface area contributed by atoms with Gasteiger partial charge in [-0.05, 0) is 17.2 Å². The molecule has 1 aromatic carbocycles. The molecule has 0 fully saturated rings. The van der Waals surface area contributed by atoms with Gasteiger partial charge in [0.25, 0.3) is 0 Å². The molecular formula is C15H16N4O+. The Morgan fingerprint density at radius 2 is 2.00 bits per heavy atom. The minimum absolute atomic E-state index is 0.786. The van der Waals surface area contributed by atoms with Gasteiger partial charge in [0.05, 0.1) is 18.5 Å². The molecule has 2 aliphatic heterocycles. The number of quaternary nitrogens is 1. The Kier molecular flexibility index (Phi) is 3.37. The van der Waals surface area contributed by atoms with Gasteiger partial charge in [0, 0.05) is 13.2 Å². The normalized spacial score (nSPS) is 17.5. The summed E-state index contributed by atoms with van der Waals surface area (Å²) >= 11 is 0. The fourth-order valence-corrected chi connectivity index (χ4v) is 2.31. The van der Waals surface area contributed by atoms with Crippen LogP contribution in [0.15, 0.2) is 59.6 Å². The molecule has 3 rings (SSSR count). The van der Waals surface area contributed by atoms with Gasteiger partial charge in [-0.2, -0.15) is 5.21 Å². The molecule has 0 unspecified atom stereocenters. The lowest BCUT2D eigenvalue weighted by Crippen LogP contribution is -2.73. The first kappa shape index (κ1) is 12.7. The lowest BCUT2D eigenvalue weighted by molar-refractivity contribution is -0.892. The molecule has 101 valence electrons. The van der Waals surface area contributed by atoms with Crippen molar-refractivity contribution >= 4 is 11.9 Å². The molecule has 5 nitrogen and oxygen atoms in total. The summed E-state index contributed by atoms with van der Waals surface area (Å²) < 4.78 is 0. The van der Waals surface area contributed by atoms with Gasteiger partial charge in [0.1, 0.15) is 5.82 Å². The predicted octanol–water partition coefficient (Wildman–Crippen LogP) is 1.09. The second-order valence-corrected chi connectivity index (χ2v) is 4.56. The summed E-state index contributed by atoms with van der Waals surface area (Å²) in [6.45, 7) is 2.04. The van der Waals surface area contributed by atoms with Crippen LogP contribution in [0.5, 0.6) is 0 Å². The van der Waals surface area contributed by atoms with Crippen molar-refractivity contribution in [3.05, 3.63) is 72.2 Å². The van der Waals surface area contributed by atoms with Crippen LogP contribution >= 0.6 is 0 Å². The van der Waals surface area contributed by atoms with Crippen LogP contribution in [0.1, 0.15) is 11.1 Å². The zero-order valence-corrected chi connectivity index (χ0v) is 11.1. The molecule has 1 radical (unpaired) electrons. The summed E-state index contributed by atoms with van der Waals surface area (Å²) in [6, 6.07) is 8.05. The van der Waals surface area contributed by atoms with Crippen LogP contribution in [0.3, 0.4) is 0 Å². The third-order valence-electron chi connectivity index (χ3n) is 3.33. The molecule has 5 heteroatoms. The maximum absolute atomic E-state index is 8.55. The van der Waals surface area contributed by atoms with Crippen molar-refractivity contribution in [2.24, 2.45) is 5.10 Å². The molecule has 0 amide bonds. The molecule has 0 atom stereocenters. The van der Waals surface area contributed by atoms with E-state index in [1.54, 1.807) is 6.21 Å². The van der Waals surface area contributed by atoms with Crippen LogP contribution in [0.25, 0.3) is 5.70 Å². The van der Waals surface area contributed by atoms with Crippen molar-refractivity contribution in [2.45, 2.75) is 0 Å². The molecule has 1 aromatic rings. The van der Waals surface area contributed by atoms with Crippen LogP contribution in [-0.4, -0.2) is 28.3 Å². The maximum atomic E-state index is 8.55. The van der Waals surface area contributed by atoms with Crippen molar-refractivity contribution in [1.82, 2.24) is 9.80 Å². The number of hydrogen-bond donors (Lipinski definition) is 2. The first-order valence-electron chi connectivity index (χ1n) is 6.35. The van der Waals surface area contributed by atoms with E-state index < -0.39 is 0 Å². The van der Waals surface area contributed by atoms with Crippen LogP contribution in [0.2, 0.25) is 0 Å². The highest BCUT2D eigenvalue weighted by Crippen LogP contribution is 2.33. The monoisotopic (exact) mass is 268 g/mol. The molecule has 0 saturated heterocycles. The van der Waals surface area contributed by atoms with E-state index in [1.807, 2.05) is 43.0 Å². The Labute approximate surface area is 117 Å². The summed E-state index contributed by atoms with van der Waals surface area (Å²) in [5.74, 6) is 1.14. The Bertz CT molecular complexity index is 613. The molecular weight excluding hydrogens is 252 g/mol. The predicted molar refractivity (Wildman–Crippen MR) is 76.8 cm³/mol. The van der Waals surface area contributed by atoms with Gasteiger partial charge in [-0.3, -0.25) is 0 Å². The van der Waals surface area contributed by atoms with Crippen LogP contribution in [-0.2, 0) is 0 Å². The van der Waals surface area contributed by atoms with Gasteiger partial charge in [0.15, 0.2) is 0 Å². The minimum atomic E-state index is 0.786. The molecule has 2 heterocycles. The zero-order valence-electron chi connectivity index (χ0n) is 11.1. The Hall–Kier alpha value is -2.37. The smallest absolute Gasteiger partial charge is 0.113 e. The van der Waals surface area contributed by atoms with Gasteiger partial charge in [0.2, 0.25) is 0 Å². The van der Waals surface area contributed by atoms with E-state index in [0.717, 1.165) is 28.2 Å². The van der Waals surface area contributed by atoms with E-state index in [9.17, 15) is 0 Å². The number of fused-ring (bicyclic) bond motifs is 1. The van der Waals surface area contributed by atoms with Gasteiger partial charge in [-0.25, -0.2) is 0 Å².